The van der Waals surface area contributed by atoms with Crippen LogP contribution < -0.4 is 0 Å². The van der Waals surface area contributed by atoms with Gasteiger partial charge in [0, 0.05) is 39.3 Å². The topological polar surface area (TPSA) is 6.48 Å². The van der Waals surface area contributed by atoms with Crippen LogP contribution in [0.1, 0.15) is 12.5 Å². The molecule has 0 aromatic heterocycles. The molecule has 1 aliphatic heterocycles. The zero-order valence-electron chi connectivity index (χ0n) is 11.3. The van der Waals surface area contributed by atoms with Gasteiger partial charge in [0.1, 0.15) is 0 Å². The summed E-state index contributed by atoms with van der Waals surface area (Å²) < 4.78 is 0. The highest BCUT2D eigenvalue weighted by Crippen LogP contribution is 2.10. The first-order valence-electron chi connectivity index (χ1n) is 6.87. The molecule has 0 bridgehead atoms. The van der Waals surface area contributed by atoms with Gasteiger partial charge < -0.3 is 4.90 Å². The molecule has 2 nitrogen and oxygen atoms in total. The van der Waals surface area contributed by atoms with Crippen LogP contribution >= 0.6 is 12.6 Å². The molecule has 0 aliphatic carbocycles. The second-order valence-corrected chi connectivity index (χ2v) is 5.72. The minimum Gasteiger partial charge on any atom is -0.300 e. The highest BCUT2D eigenvalue weighted by atomic mass is 32.1. The van der Waals surface area contributed by atoms with E-state index >= 15 is 0 Å². The second-order valence-electron chi connectivity index (χ2n) is 5.35. The zero-order valence-corrected chi connectivity index (χ0v) is 12.1. The summed E-state index contributed by atoms with van der Waals surface area (Å²) in [4.78, 5) is 5.12. The third kappa shape index (κ3) is 4.30. The Morgan fingerprint density at radius 1 is 1.06 bits per heavy atom. The number of nitrogens with zero attached hydrogens (tertiary/aromatic N) is 2. The van der Waals surface area contributed by atoms with Crippen LogP contribution in [-0.4, -0.2) is 48.3 Å². The molecule has 1 fully saturated rings. The van der Waals surface area contributed by atoms with E-state index in [1.54, 1.807) is 0 Å². The Hall–Kier alpha value is -0.510. The van der Waals surface area contributed by atoms with E-state index in [9.17, 15) is 0 Å². The summed E-state index contributed by atoms with van der Waals surface area (Å²) in [6.07, 6.45) is 0. The van der Waals surface area contributed by atoms with Gasteiger partial charge in [0.15, 0.2) is 0 Å². The third-order valence-electron chi connectivity index (χ3n) is 3.60. The van der Waals surface area contributed by atoms with Crippen molar-refractivity contribution in [1.82, 2.24) is 9.80 Å². The van der Waals surface area contributed by atoms with Crippen molar-refractivity contribution < 1.29 is 0 Å². The standard InChI is InChI=1S/C15H24N2S/c1-14(13-18)11-16-7-9-17(10-8-16)12-15-5-3-2-4-6-15/h2-6,14,18H,7-13H2,1H3. The maximum atomic E-state index is 4.36. The number of thiol groups is 1. The molecule has 0 radical (unpaired) electrons. The molecule has 2 rings (SSSR count). The highest BCUT2D eigenvalue weighted by molar-refractivity contribution is 7.80. The molecule has 1 unspecified atom stereocenters. The average Bonchev–Trinajstić information content (AvgIpc) is 2.42. The minimum atomic E-state index is 0.703. The van der Waals surface area contributed by atoms with Gasteiger partial charge in [0.05, 0.1) is 0 Å². The molecule has 0 N–H and O–H groups in total. The summed E-state index contributed by atoms with van der Waals surface area (Å²) in [6, 6.07) is 10.8. The van der Waals surface area contributed by atoms with Crippen LogP contribution in [-0.2, 0) is 6.54 Å². The summed E-state index contributed by atoms with van der Waals surface area (Å²) in [6.45, 7) is 9.35. The summed E-state index contributed by atoms with van der Waals surface area (Å²) in [5.41, 5.74) is 1.43. The van der Waals surface area contributed by atoms with E-state index in [1.807, 2.05) is 0 Å². The molecule has 0 saturated carbocycles. The van der Waals surface area contributed by atoms with Crippen molar-refractivity contribution in [2.45, 2.75) is 13.5 Å². The van der Waals surface area contributed by atoms with E-state index in [0.717, 1.165) is 12.3 Å². The lowest BCUT2D eigenvalue weighted by atomic mass is 10.1. The number of piperazine rings is 1. The first-order chi connectivity index (χ1) is 8.78. The number of rotatable bonds is 5. The molecule has 18 heavy (non-hydrogen) atoms. The van der Waals surface area contributed by atoms with Gasteiger partial charge in [-0.25, -0.2) is 0 Å². The SMILES string of the molecule is CC(CS)CN1CCN(Cc2ccccc2)CC1. The van der Waals surface area contributed by atoms with Crippen LogP contribution in [0.2, 0.25) is 0 Å². The molecule has 3 heteroatoms. The molecule has 1 atom stereocenters. The molecular weight excluding hydrogens is 240 g/mol. The molecular formula is C15H24N2S. The number of benzene rings is 1. The van der Waals surface area contributed by atoms with E-state index < -0.39 is 0 Å². The fourth-order valence-corrected chi connectivity index (χ4v) is 2.59. The molecule has 1 heterocycles. The Morgan fingerprint density at radius 3 is 2.28 bits per heavy atom. The predicted molar refractivity (Wildman–Crippen MR) is 81.2 cm³/mol. The van der Waals surface area contributed by atoms with Crippen molar-refractivity contribution in [3.8, 4) is 0 Å². The molecule has 1 saturated heterocycles. The average molecular weight is 264 g/mol. The van der Waals surface area contributed by atoms with Crippen molar-refractivity contribution in [2.24, 2.45) is 5.92 Å². The van der Waals surface area contributed by atoms with E-state index in [0.29, 0.717) is 5.92 Å². The van der Waals surface area contributed by atoms with Gasteiger partial charge >= 0.3 is 0 Å². The van der Waals surface area contributed by atoms with Crippen LogP contribution in [0.15, 0.2) is 30.3 Å². The maximum absolute atomic E-state index is 4.36. The Balaban J connectivity index is 1.73. The quantitative estimate of drug-likeness (QED) is 0.816. The lowest BCUT2D eigenvalue weighted by Crippen LogP contribution is -2.47. The minimum absolute atomic E-state index is 0.703. The van der Waals surface area contributed by atoms with E-state index in [4.69, 9.17) is 0 Å². The molecule has 0 spiro atoms. The van der Waals surface area contributed by atoms with E-state index in [-0.39, 0.29) is 0 Å². The van der Waals surface area contributed by atoms with Gasteiger partial charge in [-0.2, -0.15) is 12.6 Å². The second kappa shape index (κ2) is 7.17. The molecule has 1 aliphatic rings. The van der Waals surface area contributed by atoms with Gasteiger partial charge in [-0.15, -0.1) is 0 Å². The first-order valence-corrected chi connectivity index (χ1v) is 7.50. The Morgan fingerprint density at radius 2 is 1.67 bits per heavy atom. The van der Waals surface area contributed by atoms with Crippen LogP contribution in [0.4, 0.5) is 0 Å². The van der Waals surface area contributed by atoms with Crippen LogP contribution in [0.25, 0.3) is 0 Å². The van der Waals surface area contributed by atoms with Gasteiger partial charge in [-0.1, -0.05) is 37.3 Å². The van der Waals surface area contributed by atoms with Crippen molar-refractivity contribution in [2.75, 3.05) is 38.5 Å². The van der Waals surface area contributed by atoms with Gasteiger partial charge in [-0.3, -0.25) is 4.90 Å². The van der Waals surface area contributed by atoms with Crippen molar-refractivity contribution in [1.29, 1.82) is 0 Å². The fraction of sp³-hybridized carbons (Fsp3) is 0.600. The van der Waals surface area contributed by atoms with Crippen LogP contribution in [0, 0.1) is 5.92 Å². The number of hydrogen-bond donors (Lipinski definition) is 1. The third-order valence-corrected chi connectivity index (χ3v) is 4.22. The monoisotopic (exact) mass is 264 g/mol. The number of hydrogen-bond acceptors (Lipinski definition) is 3. The maximum Gasteiger partial charge on any atom is 0.0234 e. The summed E-state index contributed by atoms with van der Waals surface area (Å²) >= 11 is 4.36. The van der Waals surface area contributed by atoms with Crippen LogP contribution in [0.5, 0.6) is 0 Å². The first kappa shape index (κ1) is 13.9. The van der Waals surface area contributed by atoms with Crippen LogP contribution in [0.3, 0.4) is 0 Å². The largest absolute Gasteiger partial charge is 0.300 e. The van der Waals surface area contributed by atoms with Gasteiger partial charge in [0.25, 0.3) is 0 Å². The molecule has 0 amide bonds. The zero-order chi connectivity index (χ0) is 12.8. The Labute approximate surface area is 116 Å². The lowest BCUT2D eigenvalue weighted by molar-refractivity contribution is 0.118. The van der Waals surface area contributed by atoms with Gasteiger partial charge in [0.2, 0.25) is 0 Å². The molecule has 1 aromatic rings. The fourth-order valence-electron chi connectivity index (χ4n) is 2.47. The Kier molecular flexibility index (Phi) is 5.54. The highest BCUT2D eigenvalue weighted by Gasteiger charge is 2.17. The summed E-state index contributed by atoms with van der Waals surface area (Å²) in [7, 11) is 0. The lowest BCUT2D eigenvalue weighted by Gasteiger charge is -2.35. The smallest absolute Gasteiger partial charge is 0.0234 e. The van der Waals surface area contributed by atoms with E-state index in [2.05, 4.69) is 59.7 Å². The summed E-state index contributed by atoms with van der Waals surface area (Å²) in [5, 5.41) is 0. The Bertz CT molecular complexity index is 334. The molecule has 100 valence electrons. The van der Waals surface area contributed by atoms with Gasteiger partial charge in [-0.05, 0) is 17.2 Å². The predicted octanol–water partition coefficient (Wildman–Crippen LogP) is 2.37. The normalized spacial score (nSPS) is 19.9. The van der Waals surface area contributed by atoms with Crippen molar-refractivity contribution in [3.05, 3.63) is 35.9 Å². The van der Waals surface area contributed by atoms with Crippen molar-refractivity contribution in [3.63, 3.8) is 0 Å². The molecule has 1 aromatic carbocycles. The van der Waals surface area contributed by atoms with Crippen molar-refractivity contribution >= 4 is 12.6 Å². The summed E-state index contributed by atoms with van der Waals surface area (Å²) in [5.74, 6) is 1.69. The van der Waals surface area contributed by atoms with E-state index in [1.165, 1.54) is 38.3 Å².